The quantitative estimate of drug-likeness (QED) is 0.488. The van der Waals surface area contributed by atoms with Crippen molar-refractivity contribution in [1.29, 1.82) is 0 Å². The van der Waals surface area contributed by atoms with Crippen molar-refractivity contribution in [3.8, 4) is 11.3 Å². The Hall–Kier alpha value is -2.41. The van der Waals surface area contributed by atoms with E-state index in [-0.39, 0.29) is 17.2 Å². The molecule has 1 aromatic heterocycles. The van der Waals surface area contributed by atoms with Crippen molar-refractivity contribution >= 4 is 40.9 Å². The van der Waals surface area contributed by atoms with Gasteiger partial charge in [0.25, 0.3) is 5.91 Å². The largest absolute Gasteiger partial charge is 0.457 e. The number of halogens is 1. The maximum Gasteiger partial charge on any atom is 0.260 e. The molecule has 1 atom stereocenters. The lowest BCUT2D eigenvalue weighted by molar-refractivity contribution is -0.125. The molecule has 1 unspecified atom stereocenters. The molecular weight excluding hydrogens is 360 g/mol. The predicted octanol–water partition coefficient (Wildman–Crippen LogP) is 3.20. The van der Waals surface area contributed by atoms with E-state index < -0.39 is 12.1 Å². The molecule has 2 aromatic rings. The molecule has 0 radical (unpaired) electrons. The van der Waals surface area contributed by atoms with Gasteiger partial charge < -0.3 is 14.8 Å². The minimum Gasteiger partial charge on any atom is -0.457 e. The number of furan rings is 1. The molecule has 3 rings (SSSR count). The fourth-order valence-corrected chi connectivity index (χ4v) is 2.96. The van der Waals surface area contributed by atoms with Gasteiger partial charge >= 0.3 is 0 Å². The summed E-state index contributed by atoms with van der Waals surface area (Å²) >= 11 is 11.2. The number of nitrogens with zero attached hydrogens (tertiary/aromatic N) is 1. The molecule has 1 aliphatic heterocycles. The first kappa shape index (κ1) is 17.4. The van der Waals surface area contributed by atoms with Gasteiger partial charge in [0.2, 0.25) is 0 Å². The van der Waals surface area contributed by atoms with Crippen LogP contribution in [0, 0.1) is 0 Å². The van der Waals surface area contributed by atoms with Crippen LogP contribution in [0.15, 0.2) is 59.0 Å². The number of aliphatic hydroxyl groups is 1. The molecule has 1 fully saturated rings. The van der Waals surface area contributed by atoms with Gasteiger partial charge in [-0.05, 0) is 42.6 Å². The van der Waals surface area contributed by atoms with Crippen LogP contribution >= 0.6 is 23.8 Å². The van der Waals surface area contributed by atoms with Gasteiger partial charge in [-0.1, -0.05) is 29.8 Å². The summed E-state index contributed by atoms with van der Waals surface area (Å²) in [5.41, 5.74) is 0.882. The molecule has 5 nitrogen and oxygen atoms in total. The van der Waals surface area contributed by atoms with Gasteiger partial charge in [0.15, 0.2) is 11.3 Å². The third-order valence-corrected chi connectivity index (χ3v) is 4.34. The number of nitrogens with one attached hydrogen (secondary N) is 1. The zero-order chi connectivity index (χ0) is 18.0. The second kappa shape index (κ2) is 7.23. The molecule has 0 spiro atoms. The molecule has 1 aliphatic rings. The van der Waals surface area contributed by atoms with E-state index in [2.05, 4.69) is 11.9 Å². The minimum atomic E-state index is -1.20. The standard InChI is InChI=1S/C18H15ClN2O3S/c1-2-9-21-17(23)13(16(22)20-18(21)25)10-11-7-8-15(24-11)12-5-3-4-6-14(12)19/h2-8,10,16,22H,1,9H2,(H,20,25). The van der Waals surface area contributed by atoms with Crippen LogP contribution in [0.3, 0.4) is 0 Å². The van der Waals surface area contributed by atoms with Gasteiger partial charge in [0.05, 0.1) is 10.6 Å². The van der Waals surface area contributed by atoms with Crippen molar-refractivity contribution in [2.24, 2.45) is 0 Å². The number of thiocarbonyl (C=S) groups is 1. The van der Waals surface area contributed by atoms with E-state index in [0.717, 1.165) is 5.56 Å². The van der Waals surface area contributed by atoms with Crippen molar-refractivity contribution in [2.75, 3.05) is 6.54 Å². The van der Waals surface area contributed by atoms with Crippen LogP contribution in [0.25, 0.3) is 17.4 Å². The van der Waals surface area contributed by atoms with Crippen LogP contribution in [-0.4, -0.2) is 33.8 Å². The maximum absolute atomic E-state index is 12.5. The molecule has 7 heteroatoms. The Morgan fingerprint density at radius 2 is 2.12 bits per heavy atom. The number of hydrogen-bond donors (Lipinski definition) is 2. The van der Waals surface area contributed by atoms with Crippen molar-refractivity contribution < 1.29 is 14.3 Å². The van der Waals surface area contributed by atoms with Crippen LogP contribution in [-0.2, 0) is 4.79 Å². The number of hydrogen-bond acceptors (Lipinski definition) is 4. The van der Waals surface area contributed by atoms with Crippen LogP contribution in [0.4, 0.5) is 0 Å². The van der Waals surface area contributed by atoms with E-state index in [4.69, 9.17) is 28.2 Å². The first-order valence-corrected chi connectivity index (χ1v) is 8.27. The average Bonchev–Trinajstić information content (AvgIpc) is 3.04. The van der Waals surface area contributed by atoms with Crippen LogP contribution in [0.2, 0.25) is 5.02 Å². The summed E-state index contributed by atoms with van der Waals surface area (Å²) in [5, 5.41) is 13.5. The zero-order valence-corrected chi connectivity index (χ0v) is 14.7. The summed E-state index contributed by atoms with van der Waals surface area (Å²) in [6.07, 6.45) is 1.84. The van der Waals surface area contributed by atoms with E-state index >= 15 is 0 Å². The lowest BCUT2D eigenvalue weighted by atomic mass is 10.1. The second-order valence-corrected chi connectivity index (χ2v) is 6.13. The molecule has 2 N–H and O–H groups in total. The summed E-state index contributed by atoms with van der Waals surface area (Å²) in [6.45, 7) is 3.85. The fraction of sp³-hybridized carbons (Fsp3) is 0.111. The summed E-state index contributed by atoms with van der Waals surface area (Å²) in [4.78, 5) is 13.8. The number of carbonyl (C=O) groups is 1. The summed E-state index contributed by atoms with van der Waals surface area (Å²) in [6, 6.07) is 10.8. The number of benzene rings is 1. The Labute approximate surface area is 155 Å². The summed E-state index contributed by atoms with van der Waals surface area (Å²) < 4.78 is 5.75. The fourth-order valence-electron chi connectivity index (χ4n) is 2.46. The van der Waals surface area contributed by atoms with E-state index in [1.54, 1.807) is 24.3 Å². The molecule has 128 valence electrons. The molecule has 1 amide bonds. The molecule has 1 saturated heterocycles. The Morgan fingerprint density at radius 1 is 1.36 bits per heavy atom. The molecule has 0 bridgehead atoms. The first-order chi connectivity index (χ1) is 12.0. The minimum absolute atomic E-state index is 0.135. The highest BCUT2D eigenvalue weighted by atomic mass is 35.5. The normalized spacial score (nSPS) is 19.2. The van der Waals surface area contributed by atoms with Gasteiger partial charge in [0, 0.05) is 12.1 Å². The summed E-state index contributed by atoms with van der Waals surface area (Å²) in [7, 11) is 0. The molecule has 2 heterocycles. The van der Waals surface area contributed by atoms with E-state index in [9.17, 15) is 9.90 Å². The van der Waals surface area contributed by atoms with Crippen molar-refractivity contribution in [3.63, 3.8) is 0 Å². The van der Waals surface area contributed by atoms with Crippen LogP contribution in [0.1, 0.15) is 5.76 Å². The number of amides is 1. The third-order valence-electron chi connectivity index (χ3n) is 3.67. The monoisotopic (exact) mass is 374 g/mol. The maximum atomic E-state index is 12.5. The molecule has 25 heavy (non-hydrogen) atoms. The van der Waals surface area contributed by atoms with Crippen molar-refractivity contribution in [3.05, 3.63) is 65.4 Å². The average molecular weight is 375 g/mol. The highest BCUT2D eigenvalue weighted by Crippen LogP contribution is 2.30. The topological polar surface area (TPSA) is 65.7 Å². The zero-order valence-electron chi connectivity index (χ0n) is 13.1. The van der Waals surface area contributed by atoms with Gasteiger partial charge in [0.1, 0.15) is 11.5 Å². The van der Waals surface area contributed by atoms with E-state index in [0.29, 0.717) is 16.5 Å². The smallest absolute Gasteiger partial charge is 0.260 e. The molecule has 1 aromatic carbocycles. The number of rotatable bonds is 4. The Morgan fingerprint density at radius 3 is 2.84 bits per heavy atom. The first-order valence-electron chi connectivity index (χ1n) is 7.49. The van der Waals surface area contributed by atoms with Gasteiger partial charge in [-0.3, -0.25) is 9.69 Å². The van der Waals surface area contributed by atoms with Gasteiger partial charge in [-0.15, -0.1) is 6.58 Å². The summed E-state index contributed by atoms with van der Waals surface area (Å²) in [5.74, 6) is 0.596. The van der Waals surface area contributed by atoms with Crippen LogP contribution in [0.5, 0.6) is 0 Å². The van der Waals surface area contributed by atoms with E-state index in [1.807, 2.05) is 18.2 Å². The Bertz CT molecular complexity index is 875. The van der Waals surface area contributed by atoms with Crippen LogP contribution < -0.4 is 5.32 Å². The number of aliphatic hydroxyl groups excluding tert-OH is 1. The lowest BCUT2D eigenvalue weighted by Crippen LogP contribution is -2.55. The van der Waals surface area contributed by atoms with Gasteiger partial charge in [-0.2, -0.15) is 0 Å². The Kier molecular flexibility index (Phi) is 5.03. The molecular formula is C18H15ClN2O3S. The van der Waals surface area contributed by atoms with E-state index in [1.165, 1.54) is 11.0 Å². The molecule has 0 aliphatic carbocycles. The lowest BCUT2D eigenvalue weighted by Gasteiger charge is -2.32. The van der Waals surface area contributed by atoms with Crippen molar-refractivity contribution in [1.82, 2.24) is 10.2 Å². The van der Waals surface area contributed by atoms with Crippen molar-refractivity contribution in [2.45, 2.75) is 6.23 Å². The Balaban J connectivity index is 1.92. The predicted molar refractivity (Wildman–Crippen MR) is 101 cm³/mol. The second-order valence-electron chi connectivity index (χ2n) is 5.34. The number of carbonyl (C=O) groups excluding carboxylic acids is 1. The highest BCUT2D eigenvalue weighted by Gasteiger charge is 2.32. The van der Waals surface area contributed by atoms with Gasteiger partial charge in [-0.25, -0.2) is 0 Å². The molecule has 0 saturated carbocycles. The highest BCUT2D eigenvalue weighted by molar-refractivity contribution is 7.80. The third kappa shape index (κ3) is 3.51. The SMILES string of the molecule is C=CCN1C(=O)C(=Cc2ccc(-c3ccccc3Cl)o2)C(O)NC1=S.